The minimum atomic E-state index is -0.519. The van der Waals surface area contributed by atoms with Crippen molar-refractivity contribution < 1.29 is 9.59 Å². The normalized spacial score (nSPS) is 6.36. The Kier molecular flexibility index (Phi) is 13.0. The molecule has 5 heteroatoms. The van der Waals surface area contributed by atoms with Crippen LogP contribution in [0.25, 0.3) is 0 Å². The van der Waals surface area contributed by atoms with Gasteiger partial charge in [-0.1, -0.05) is 14.9 Å². The number of rotatable bonds is 0. The molecule has 0 aliphatic heterocycles. The summed E-state index contributed by atoms with van der Waals surface area (Å²) in [5, 5.41) is 6.42. The van der Waals surface area contributed by atoms with Gasteiger partial charge in [-0.05, 0) is 0 Å². The van der Waals surface area contributed by atoms with E-state index in [1.165, 1.54) is 14.1 Å². The summed E-state index contributed by atoms with van der Waals surface area (Å²) >= 11 is 0. The third kappa shape index (κ3) is 8.74. The molecule has 0 aromatic heterocycles. The van der Waals surface area contributed by atoms with Crippen LogP contribution in [0.4, 0.5) is 9.59 Å². The molecule has 0 aliphatic carbocycles. The van der Waals surface area contributed by atoms with E-state index in [9.17, 15) is 9.59 Å². The second kappa shape index (κ2) is 8.74. The van der Waals surface area contributed by atoms with E-state index >= 15 is 0 Å². The maximum Gasteiger partial charge on any atom is 0.322 e. The lowest BCUT2D eigenvalue weighted by Crippen LogP contribution is -2.42. The molecule has 0 heterocycles. The maximum absolute atomic E-state index is 10.3. The molecule has 0 fully saturated rings. The first kappa shape index (κ1) is 16.4. The van der Waals surface area contributed by atoms with Crippen molar-refractivity contribution in [2.24, 2.45) is 0 Å². The van der Waals surface area contributed by atoms with Crippen molar-refractivity contribution in [3.05, 3.63) is 0 Å². The van der Waals surface area contributed by atoms with E-state index < -0.39 is 12.1 Å². The summed E-state index contributed by atoms with van der Waals surface area (Å²) < 4.78 is 0. The van der Waals surface area contributed by atoms with Gasteiger partial charge in [-0.25, -0.2) is 9.59 Å². The van der Waals surface area contributed by atoms with Gasteiger partial charge in [0.25, 0.3) is 0 Å². The van der Waals surface area contributed by atoms with E-state index in [0.29, 0.717) is 0 Å². The Morgan fingerprint density at radius 2 is 1.18 bits per heavy atom. The first-order valence-corrected chi connectivity index (χ1v) is 2.41. The van der Waals surface area contributed by atoms with Crippen LogP contribution in [0.2, 0.25) is 0 Å². The average Bonchev–Trinajstić information content (AvgIpc) is 1.87. The molecule has 0 aromatic rings. The van der Waals surface area contributed by atoms with E-state index in [2.05, 4.69) is 10.6 Å². The van der Waals surface area contributed by atoms with Gasteiger partial charge in [-0.15, -0.1) is 0 Å². The summed E-state index contributed by atoms with van der Waals surface area (Å²) in [5.74, 6) is 0. The zero-order chi connectivity index (χ0) is 7.28. The lowest BCUT2D eigenvalue weighted by molar-refractivity contribution is 0.229. The van der Waals surface area contributed by atoms with Gasteiger partial charge in [0.2, 0.25) is 0 Å². The van der Waals surface area contributed by atoms with Crippen LogP contribution in [0.15, 0.2) is 0 Å². The molecule has 0 saturated heterocycles. The molecule has 0 rings (SSSR count). The third-order valence-electron chi connectivity index (χ3n) is 0.681. The van der Waals surface area contributed by atoms with Crippen LogP contribution in [0.5, 0.6) is 0 Å². The highest BCUT2D eigenvalue weighted by atomic mass is 16.2. The van der Waals surface area contributed by atoms with E-state index in [-0.39, 0.29) is 14.9 Å². The summed E-state index contributed by atoms with van der Waals surface area (Å²) in [4.78, 5) is 20.6. The summed E-state index contributed by atoms with van der Waals surface area (Å²) in [6.07, 6.45) is 0. The molecule has 4 amide bonds. The first-order valence-electron chi connectivity index (χ1n) is 2.41. The van der Waals surface area contributed by atoms with Crippen LogP contribution in [0.1, 0.15) is 14.9 Å². The minimum absolute atomic E-state index is 0. The summed E-state index contributed by atoms with van der Waals surface area (Å²) in [7, 11) is 2.86. The first-order chi connectivity index (χ1) is 4.20. The quantitative estimate of drug-likeness (QED) is 0.487. The van der Waals surface area contributed by atoms with Crippen LogP contribution in [-0.2, 0) is 0 Å². The van der Waals surface area contributed by atoms with Crippen molar-refractivity contribution in [1.82, 2.24) is 16.0 Å². The fourth-order valence-electron chi connectivity index (χ4n) is 0.228. The van der Waals surface area contributed by atoms with Gasteiger partial charge in [0.1, 0.15) is 0 Å². The van der Waals surface area contributed by atoms with Crippen LogP contribution < -0.4 is 16.0 Å². The van der Waals surface area contributed by atoms with Crippen molar-refractivity contribution in [3.8, 4) is 0 Å². The number of urea groups is 2. The standard InChI is InChI=1S/C4H9N3O2.2CH4/c1-5-3(8)7-4(9)6-2;;/h1-2H3,(H3,5,6,7,8,9);2*1H4. The summed E-state index contributed by atoms with van der Waals surface area (Å²) in [6, 6.07) is -1.04. The highest BCUT2D eigenvalue weighted by Crippen LogP contribution is 1.61. The second-order valence-corrected chi connectivity index (χ2v) is 1.28. The Morgan fingerprint density at radius 1 is 0.909 bits per heavy atom. The zero-order valence-electron chi connectivity index (χ0n) is 5.32. The van der Waals surface area contributed by atoms with Gasteiger partial charge in [-0.2, -0.15) is 0 Å². The Morgan fingerprint density at radius 3 is 1.36 bits per heavy atom. The van der Waals surface area contributed by atoms with Crippen LogP contribution in [0, 0.1) is 0 Å². The fraction of sp³-hybridized carbons (Fsp3) is 0.667. The predicted molar refractivity (Wildman–Crippen MR) is 45.5 cm³/mol. The lowest BCUT2D eigenvalue weighted by atomic mass is 10.8. The molecule has 11 heavy (non-hydrogen) atoms. The summed E-state index contributed by atoms with van der Waals surface area (Å²) in [5.41, 5.74) is 0. The number of nitrogens with one attached hydrogen (secondary N) is 3. The van der Waals surface area contributed by atoms with Crippen molar-refractivity contribution in [2.75, 3.05) is 14.1 Å². The SMILES string of the molecule is C.C.CNC(=O)NC(=O)NC. The van der Waals surface area contributed by atoms with Crippen molar-refractivity contribution in [3.63, 3.8) is 0 Å². The molecular formula is C6H17N3O2. The molecule has 0 saturated carbocycles. The van der Waals surface area contributed by atoms with E-state index in [0.717, 1.165) is 0 Å². The summed E-state index contributed by atoms with van der Waals surface area (Å²) in [6.45, 7) is 0. The zero-order valence-corrected chi connectivity index (χ0v) is 5.32. The minimum Gasteiger partial charge on any atom is -0.341 e. The molecule has 0 aliphatic rings. The Hall–Kier alpha value is -1.26. The molecule has 0 radical (unpaired) electrons. The smallest absolute Gasteiger partial charge is 0.322 e. The van der Waals surface area contributed by atoms with Gasteiger partial charge in [-0.3, -0.25) is 5.32 Å². The van der Waals surface area contributed by atoms with E-state index in [1.807, 2.05) is 5.32 Å². The van der Waals surface area contributed by atoms with Crippen molar-refractivity contribution >= 4 is 12.1 Å². The highest BCUT2D eigenvalue weighted by molar-refractivity contribution is 5.92. The van der Waals surface area contributed by atoms with Crippen LogP contribution >= 0.6 is 0 Å². The number of carbonyl (C=O) groups is 2. The molecule has 68 valence electrons. The number of hydrogen-bond acceptors (Lipinski definition) is 2. The van der Waals surface area contributed by atoms with E-state index in [4.69, 9.17) is 0 Å². The average molecular weight is 163 g/mol. The Balaban J connectivity index is -0.000000320. The molecular weight excluding hydrogens is 146 g/mol. The van der Waals surface area contributed by atoms with Gasteiger partial charge in [0, 0.05) is 14.1 Å². The highest BCUT2D eigenvalue weighted by Gasteiger charge is 1.99. The maximum atomic E-state index is 10.3. The molecule has 0 bridgehead atoms. The third-order valence-corrected chi connectivity index (χ3v) is 0.681. The molecule has 0 unspecified atom stereocenters. The van der Waals surface area contributed by atoms with Crippen molar-refractivity contribution in [2.45, 2.75) is 14.9 Å². The van der Waals surface area contributed by atoms with E-state index in [1.54, 1.807) is 0 Å². The van der Waals surface area contributed by atoms with Crippen LogP contribution in [-0.4, -0.2) is 26.2 Å². The molecule has 3 N–H and O–H groups in total. The Labute approximate surface area is 67.5 Å². The van der Waals surface area contributed by atoms with Crippen molar-refractivity contribution in [1.29, 1.82) is 0 Å². The van der Waals surface area contributed by atoms with Gasteiger partial charge in [0.15, 0.2) is 0 Å². The monoisotopic (exact) mass is 163 g/mol. The number of imide groups is 1. The number of carbonyl (C=O) groups excluding carboxylic acids is 2. The second-order valence-electron chi connectivity index (χ2n) is 1.28. The number of hydrogen-bond donors (Lipinski definition) is 3. The predicted octanol–water partition coefficient (Wildman–Crippen LogP) is 0.527. The fourth-order valence-corrected chi connectivity index (χ4v) is 0.228. The molecule has 0 spiro atoms. The van der Waals surface area contributed by atoms with Crippen LogP contribution in [0.3, 0.4) is 0 Å². The molecule has 0 aromatic carbocycles. The van der Waals surface area contributed by atoms with Gasteiger partial charge >= 0.3 is 12.1 Å². The topological polar surface area (TPSA) is 70.2 Å². The molecule has 0 atom stereocenters. The largest absolute Gasteiger partial charge is 0.341 e. The van der Waals surface area contributed by atoms with Gasteiger partial charge in [0.05, 0.1) is 0 Å². The Bertz CT molecular complexity index is 111. The molecule has 5 nitrogen and oxygen atoms in total. The van der Waals surface area contributed by atoms with Gasteiger partial charge < -0.3 is 10.6 Å². The lowest BCUT2D eigenvalue weighted by Gasteiger charge is -1.99. The number of amides is 4.